The summed E-state index contributed by atoms with van der Waals surface area (Å²) in [7, 11) is 0. The molecule has 0 N–H and O–H groups in total. The van der Waals surface area contributed by atoms with Crippen molar-refractivity contribution in [2.75, 3.05) is 0 Å². The average molecular weight is 415 g/mol. The molecule has 0 amide bonds. The van der Waals surface area contributed by atoms with E-state index in [1.165, 1.54) is 47.9 Å². The number of aryl methyl sites for hydroxylation is 1. The Bertz CT molecular complexity index is 646. The maximum Gasteiger partial charge on any atom is 0.0283 e. The molecule has 0 bridgehead atoms. The monoisotopic (exact) mass is 414 g/mol. The van der Waals surface area contributed by atoms with Gasteiger partial charge in [0.1, 0.15) is 0 Å². The number of rotatable bonds is 8. The molecule has 0 spiro atoms. The van der Waals surface area contributed by atoms with Crippen molar-refractivity contribution in [1.29, 1.82) is 0 Å². The maximum atomic E-state index is 3.56. The molecular formula is C25H35Br. The summed E-state index contributed by atoms with van der Waals surface area (Å²) in [4.78, 5) is 0. The summed E-state index contributed by atoms with van der Waals surface area (Å²) in [5.41, 5.74) is 6.06. The number of hydrogen-bond acceptors (Lipinski definition) is 0. The molecule has 0 aliphatic carbocycles. The molecule has 0 saturated carbocycles. The molecule has 142 valence electrons. The highest BCUT2D eigenvalue weighted by Gasteiger charge is 2.22. The number of alkyl halides is 1. The number of benzene rings is 2. The van der Waals surface area contributed by atoms with Crippen LogP contribution in [0.3, 0.4) is 0 Å². The van der Waals surface area contributed by atoms with Gasteiger partial charge in [-0.05, 0) is 66.5 Å². The number of hydrogen-bond donors (Lipinski definition) is 0. The van der Waals surface area contributed by atoms with Gasteiger partial charge in [-0.2, -0.15) is 0 Å². The first-order valence-corrected chi connectivity index (χ1v) is 11.2. The van der Waals surface area contributed by atoms with Crippen LogP contribution in [0.1, 0.15) is 87.5 Å². The third-order valence-corrected chi connectivity index (χ3v) is 6.02. The Kier molecular flexibility index (Phi) is 7.95. The minimum absolute atomic E-state index is 0.352. The van der Waals surface area contributed by atoms with Crippen molar-refractivity contribution in [1.82, 2.24) is 0 Å². The fourth-order valence-electron chi connectivity index (χ4n) is 3.85. The highest BCUT2D eigenvalue weighted by molar-refractivity contribution is 9.08. The van der Waals surface area contributed by atoms with Crippen molar-refractivity contribution in [3.05, 3.63) is 70.8 Å². The largest absolute Gasteiger partial charge is 0.0876 e. The van der Waals surface area contributed by atoms with Crippen LogP contribution >= 0.6 is 15.9 Å². The number of halogens is 1. The Morgan fingerprint density at radius 2 is 1.31 bits per heavy atom. The van der Waals surface area contributed by atoms with Crippen LogP contribution in [0.15, 0.2) is 48.5 Å². The Morgan fingerprint density at radius 3 is 1.81 bits per heavy atom. The quantitative estimate of drug-likeness (QED) is 0.380. The molecule has 2 atom stereocenters. The molecule has 0 fully saturated rings. The van der Waals surface area contributed by atoms with Gasteiger partial charge in [0.05, 0.1) is 0 Å². The van der Waals surface area contributed by atoms with Crippen LogP contribution in [0.25, 0.3) is 0 Å². The van der Waals surface area contributed by atoms with Gasteiger partial charge in [-0.25, -0.2) is 0 Å². The highest BCUT2D eigenvalue weighted by Crippen LogP contribution is 2.37. The lowest BCUT2D eigenvalue weighted by atomic mass is 9.77. The summed E-state index contributed by atoms with van der Waals surface area (Å²) in [5.74, 6) is 1.30. The zero-order chi connectivity index (χ0) is 19.2. The van der Waals surface area contributed by atoms with E-state index in [4.69, 9.17) is 0 Å². The van der Waals surface area contributed by atoms with E-state index in [9.17, 15) is 0 Å². The lowest BCUT2D eigenvalue weighted by Crippen LogP contribution is -2.13. The summed E-state index contributed by atoms with van der Waals surface area (Å²) in [6.45, 7) is 11.6. The molecule has 0 radical (unpaired) electrons. The highest BCUT2D eigenvalue weighted by atomic mass is 79.9. The SMILES string of the molecule is CCC(CCC(CC(C)(C)C)c1ccc(CBr)cc1)c1ccc(C)cc1. The third kappa shape index (κ3) is 6.58. The second kappa shape index (κ2) is 9.74. The first-order valence-electron chi connectivity index (χ1n) is 10.0. The van der Waals surface area contributed by atoms with Crippen molar-refractivity contribution < 1.29 is 0 Å². The van der Waals surface area contributed by atoms with E-state index in [1.54, 1.807) is 0 Å². The normalized spacial score (nSPS) is 14.2. The summed E-state index contributed by atoms with van der Waals surface area (Å²) in [5, 5.41) is 0.933. The van der Waals surface area contributed by atoms with E-state index in [2.05, 4.69) is 99.1 Å². The molecule has 0 saturated heterocycles. The van der Waals surface area contributed by atoms with Gasteiger partial charge in [0.15, 0.2) is 0 Å². The van der Waals surface area contributed by atoms with Gasteiger partial charge in [-0.3, -0.25) is 0 Å². The van der Waals surface area contributed by atoms with Crippen molar-refractivity contribution in [3.63, 3.8) is 0 Å². The lowest BCUT2D eigenvalue weighted by molar-refractivity contribution is 0.323. The van der Waals surface area contributed by atoms with Crippen LogP contribution < -0.4 is 0 Å². The van der Waals surface area contributed by atoms with Crippen molar-refractivity contribution in [2.24, 2.45) is 5.41 Å². The van der Waals surface area contributed by atoms with Crippen molar-refractivity contribution >= 4 is 15.9 Å². The Balaban J connectivity index is 2.13. The topological polar surface area (TPSA) is 0 Å². The predicted octanol–water partition coefficient (Wildman–Crippen LogP) is 8.38. The van der Waals surface area contributed by atoms with E-state index in [0.717, 1.165) is 5.33 Å². The molecule has 2 aromatic carbocycles. The van der Waals surface area contributed by atoms with Gasteiger partial charge in [0, 0.05) is 5.33 Å². The summed E-state index contributed by atoms with van der Waals surface area (Å²) in [6.07, 6.45) is 4.98. The van der Waals surface area contributed by atoms with Gasteiger partial charge in [0.2, 0.25) is 0 Å². The summed E-state index contributed by atoms with van der Waals surface area (Å²) in [6, 6.07) is 18.4. The van der Waals surface area contributed by atoms with Gasteiger partial charge >= 0.3 is 0 Å². The smallest absolute Gasteiger partial charge is 0.0283 e. The Labute approximate surface area is 169 Å². The fraction of sp³-hybridized carbons (Fsp3) is 0.520. The Morgan fingerprint density at radius 1 is 0.808 bits per heavy atom. The minimum atomic E-state index is 0.352. The van der Waals surface area contributed by atoms with Crippen LogP contribution in [0, 0.1) is 12.3 Å². The second-order valence-corrected chi connectivity index (χ2v) is 9.49. The third-order valence-electron chi connectivity index (χ3n) is 5.37. The maximum absolute atomic E-state index is 3.56. The van der Waals surface area contributed by atoms with Crippen LogP contribution in [-0.4, -0.2) is 0 Å². The molecule has 26 heavy (non-hydrogen) atoms. The zero-order valence-electron chi connectivity index (χ0n) is 17.2. The molecule has 2 aromatic rings. The molecule has 2 rings (SSSR count). The van der Waals surface area contributed by atoms with E-state index in [0.29, 0.717) is 17.3 Å². The van der Waals surface area contributed by atoms with E-state index < -0.39 is 0 Å². The molecule has 0 heterocycles. The van der Waals surface area contributed by atoms with Crippen molar-refractivity contribution in [3.8, 4) is 0 Å². The molecular weight excluding hydrogens is 380 g/mol. The van der Waals surface area contributed by atoms with Crippen molar-refractivity contribution in [2.45, 2.75) is 77.5 Å². The fourth-order valence-corrected chi connectivity index (χ4v) is 4.23. The predicted molar refractivity (Wildman–Crippen MR) is 119 cm³/mol. The lowest BCUT2D eigenvalue weighted by Gasteiger charge is -2.28. The van der Waals surface area contributed by atoms with E-state index in [-0.39, 0.29) is 0 Å². The van der Waals surface area contributed by atoms with E-state index in [1.807, 2.05) is 0 Å². The Hall–Kier alpha value is -1.08. The van der Waals surface area contributed by atoms with Gasteiger partial charge < -0.3 is 0 Å². The first-order chi connectivity index (χ1) is 12.3. The average Bonchev–Trinajstić information content (AvgIpc) is 2.61. The van der Waals surface area contributed by atoms with Crippen LogP contribution in [0.2, 0.25) is 0 Å². The first kappa shape index (κ1) is 21.2. The molecule has 2 unspecified atom stereocenters. The van der Waals surface area contributed by atoms with Crippen LogP contribution in [0.5, 0.6) is 0 Å². The van der Waals surface area contributed by atoms with Gasteiger partial charge in [-0.15, -0.1) is 0 Å². The van der Waals surface area contributed by atoms with Crippen LogP contribution in [-0.2, 0) is 5.33 Å². The molecule has 1 heteroatoms. The van der Waals surface area contributed by atoms with Crippen LogP contribution in [0.4, 0.5) is 0 Å². The molecule has 0 aliphatic rings. The minimum Gasteiger partial charge on any atom is -0.0876 e. The summed E-state index contributed by atoms with van der Waals surface area (Å²) >= 11 is 3.56. The van der Waals surface area contributed by atoms with Gasteiger partial charge in [-0.1, -0.05) is 97.7 Å². The van der Waals surface area contributed by atoms with Gasteiger partial charge in [0.25, 0.3) is 0 Å². The molecule has 0 aliphatic heterocycles. The standard InChI is InChI=1S/C25H35Br/c1-6-21(22-11-7-19(2)8-12-22)15-16-24(17-25(3,4)5)23-13-9-20(18-26)10-14-23/h7-14,21,24H,6,15-18H2,1-5H3. The van der Waals surface area contributed by atoms with E-state index >= 15 is 0 Å². The second-order valence-electron chi connectivity index (χ2n) is 8.93. The molecule has 0 aromatic heterocycles. The zero-order valence-corrected chi connectivity index (χ0v) is 18.8. The molecule has 0 nitrogen and oxygen atoms in total. The summed E-state index contributed by atoms with van der Waals surface area (Å²) < 4.78 is 0.